The van der Waals surface area contributed by atoms with Crippen molar-refractivity contribution in [3.8, 4) is 11.5 Å². The van der Waals surface area contributed by atoms with Crippen LogP contribution >= 0.6 is 8.03 Å². The van der Waals surface area contributed by atoms with Gasteiger partial charge < -0.3 is 19.5 Å². The minimum atomic E-state index is -4.85. The molecule has 14 heteroatoms. The first kappa shape index (κ1) is 44.7. The Hall–Kier alpha value is -5.39. The number of benzene rings is 5. The summed E-state index contributed by atoms with van der Waals surface area (Å²) in [5.41, 5.74) is 0.600. The third kappa shape index (κ3) is 14.4. The Kier molecular flexibility index (Phi) is 15.9. The van der Waals surface area contributed by atoms with Crippen molar-refractivity contribution in [1.82, 2.24) is 5.32 Å². The standard InChI is InChI=1S/C45H44F6NO6P/c1-2-43(52-42(53)56-31-36-16-8-4-9-17-36,32-57-59(54)41(37-20-10-5-11-21-37)30-34-14-6-3-7-15-34)26-25-35-23-24-40(39(29-35)44(46,47)48)55-27-13-19-33-18-12-22-38(28-33)58-45(49,50)51/h3-12,14-18,20-24,28-29,41H,2,13,19,25-27,30-32H2,1H3/p+1. The number of rotatable bonds is 20. The maximum atomic E-state index is 14.4. The van der Waals surface area contributed by atoms with Crippen molar-refractivity contribution in [2.75, 3.05) is 13.2 Å². The van der Waals surface area contributed by atoms with Crippen LogP contribution in [0.4, 0.5) is 31.1 Å². The van der Waals surface area contributed by atoms with Gasteiger partial charge in [-0.1, -0.05) is 116 Å². The monoisotopic (exact) mass is 840 g/mol. The molecule has 312 valence electrons. The number of alkyl carbamates (subject to hydrolysis) is 1. The molecular weight excluding hydrogens is 795 g/mol. The Bertz CT molecular complexity index is 2090. The summed E-state index contributed by atoms with van der Waals surface area (Å²) in [6.45, 7) is 1.43. The van der Waals surface area contributed by atoms with Gasteiger partial charge in [-0.3, -0.25) is 0 Å². The molecule has 0 aliphatic carbocycles. The second kappa shape index (κ2) is 21.0. The molecule has 0 heterocycles. The van der Waals surface area contributed by atoms with Crippen LogP contribution in [0.15, 0.2) is 133 Å². The van der Waals surface area contributed by atoms with E-state index in [4.69, 9.17) is 14.0 Å². The zero-order chi connectivity index (χ0) is 42.3. The van der Waals surface area contributed by atoms with Gasteiger partial charge in [0.15, 0.2) is 0 Å². The Morgan fingerprint density at radius 3 is 2.00 bits per heavy atom. The van der Waals surface area contributed by atoms with Gasteiger partial charge in [-0.2, -0.15) is 13.2 Å². The molecule has 0 saturated carbocycles. The molecule has 5 rings (SSSR count). The molecule has 3 atom stereocenters. The van der Waals surface area contributed by atoms with Gasteiger partial charge in [0.2, 0.25) is 5.66 Å². The molecule has 5 aromatic carbocycles. The summed E-state index contributed by atoms with van der Waals surface area (Å²) in [4.78, 5) is 13.3. The van der Waals surface area contributed by atoms with Gasteiger partial charge in [-0.05, 0) is 83.2 Å². The van der Waals surface area contributed by atoms with Crippen molar-refractivity contribution in [1.29, 1.82) is 0 Å². The molecule has 7 nitrogen and oxygen atoms in total. The largest absolute Gasteiger partial charge is 0.573 e. The molecule has 5 aromatic rings. The van der Waals surface area contributed by atoms with Crippen LogP contribution in [0.1, 0.15) is 65.2 Å². The molecule has 1 N–H and O–H groups in total. The predicted molar refractivity (Wildman–Crippen MR) is 212 cm³/mol. The molecule has 3 unspecified atom stereocenters. The summed E-state index contributed by atoms with van der Waals surface area (Å²) in [7, 11) is -2.36. The van der Waals surface area contributed by atoms with E-state index in [1.807, 2.05) is 78.9 Å². The highest BCUT2D eigenvalue weighted by atomic mass is 31.1. The molecular formula is C45H45F6NO6P+. The van der Waals surface area contributed by atoms with Gasteiger partial charge in [0, 0.05) is 12.0 Å². The molecule has 0 aliphatic heterocycles. The second-order valence-electron chi connectivity index (χ2n) is 14.0. The highest BCUT2D eigenvalue weighted by Gasteiger charge is 2.41. The van der Waals surface area contributed by atoms with Crippen molar-refractivity contribution in [3.63, 3.8) is 0 Å². The smallest absolute Gasteiger partial charge is 0.493 e. The van der Waals surface area contributed by atoms with Crippen molar-refractivity contribution >= 4 is 14.1 Å². The lowest BCUT2D eigenvalue weighted by molar-refractivity contribution is -0.274. The van der Waals surface area contributed by atoms with E-state index in [0.29, 0.717) is 17.5 Å². The summed E-state index contributed by atoms with van der Waals surface area (Å²) in [5.74, 6) is -0.789. The van der Waals surface area contributed by atoms with E-state index in [2.05, 4.69) is 10.1 Å². The number of carbonyl (C=O) groups is 1. The lowest BCUT2D eigenvalue weighted by atomic mass is 9.89. The minimum absolute atomic E-state index is 0.0238. The van der Waals surface area contributed by atoms with E-state index in [1.165, 1.54) is 24.3 Å². The van der Waals surface area contributed by atoms with Crippen LogP contribution in [0.5, 0.6) is 11.5 Å². The number of carbonyl (C=O) groups excluding carboxylic acids is 1. The lowest BCUT2D eigenvalue weighted by Gasteiger charge is -2.32. The lowest BCUT2D eigenvalue weighted by Crippen LogP contribution is -2.51. The van der Waals surface area contributed by atoms with Crippen molar-refractivity contribution in [2.24, 2.45) is 0 Å². The fourth-order valence-corrected chi connectivity index (χ4v) is 7.77. The van der Waals surface area contributed by atoms with Gasteiger partial charge >= 0.3 is 26.7 Å². The van der Waals surface area contributed by atoms with Crippen LogP contribution in [0.2, 0.25) is 0 Å². The summed E-state index contributed by atoms with van der Waals surface area (Å²) >= 11 is 0. The van der Waals surface area contributed by atoms with Gasteiger partial charge in [0.1, 0.15) is 24.7 Å². The first-order valence-corrected chi connectivity index (χ1v) is 20.3. The summed E-state index contributed by atoms with van der Waals surface area (Å²) in [6.07, 6.45) is -9.07. The molecule has 1 amide bonds. The third-order valence-electron chi connectivity index (χ3n) is 9.68. The van der Waals surface area contributed by atoms with Gasteiger partial charge in [0.05, 0.1) is 17.7 Å². The van der Waals surface area contributed by atoms with Crippen LogP contribution in [0.25, 0.3) is 0 Å². The van der Waals surface area contributed by atoms with E-state index in [1.54, 1.807) is 25.1 Å². The van der Waals surface area contributed by atoms with Crippen molar-refractivity contribution < 1.29 is 54.4 Å². The zero-order valence-corrected chi connectivity index (χ0v) is 33.2. The third-order valence-corrected chi connectivity index (χ3v) is 11.0. The number of hydrogen-bond acceptors (Lipinski definition) is 6. The molecule has 0 spiro atoms. The quantitative estimate of drug-likeness (QED) is 0.0477. The molecule has 0 radical (unpaired) electrons. The Labute approximate surface area is 340 Å². The maximum absolute atomic E-state index is 14.4. The maximum Gasteiger partial charge on any atom is 0.573 e. The van der Waals surface area contributed by atoms with E-state index in [0.717, 1.165) is 28.8 Å². The fraction of sp³-hybridized carbons (Fsp3) is 0.311. The first-order valence-electron chi connectivity index (χ1n) is 19.1. The predicted octanol–water partition coefficient (Wildman–Crippen LogP) is 12.4. The van der Waals surface area contributed by atoms with Crippen molar-refractivity contribution in [3.05, 3.63) is 167 Å². The number of amides is 1. The zero-order valence-electron chi connectivity index (χ0n) is 32.3. The van der Waals surface area contributed by atoms with Crippen molar-refractivity contribution in [2.45, 2.75) is 75.8 Å². The van der Waals surface area contributed by atoms with E-state index in [-0.39, 0.29) is 51.9 Å². The first-order chi connectivity index (χ1) is 28.2. The number of hydrogen-bond donors (Lipinski definition) is 1. The second-order valence-corrected chi connectivity index (χ2v) is 15.4. The number of alkyl halides is 6. The van der Waals surface area contributed by atoms with Gasteiger partial charge in [-0.15, -0.1) is 17.7 Å². The fourth-order valence-electron chi connectivity index (χ4n) is 6.44. The Balaban J connectivity index is 1.30. The molecule has 0 aromatic heterocycles. The van der Waals surface area contributed by atoms with Crippen LogP contribution in [-0.4, -0.2) is 31.2 Å². The van der Waals surface area contributed by atoms with E-state index < -0.39 is 54.9 Å². The highest BCUT2D eigenvalue weighted by molar-refractivity contribution is 7.39. The average Bonchev–Trinajstić information content (AvgIpc) is 3.22. The molecule has 0 saturated heterocycles. The molecule has 0 fully saturated rings. The van der Waals surface area contributed by atoms with Gasteiger partial charge in [0.25, 0.3) is 0 Å². The number of aryl methyl sites for hydroxylation is 2. The molecule has 59 heavy (non-hydrogen) atoms. The summed E-state index contributed by atoms with van der Waals surface area (Å²) in [6, 6.07) is 37.0. The number of halogens is 6. The normalized spacial score (nSPS) is 13.5. The summed E-state index contributed by atoms with van der Waals surface area (Å²) in [5, 5.41) is 2.90. The van der Waals surface area contributed by atoms with Crippen LogP contribution < -0.4 is 14.8 Å². The summed E-state index contributed by atoms with van der Waals surface area (Å²) < 4.78 is 116. The molecule has 0 aliphatic rings. The minimum Gasteiger partial charge on any atom is -0.493 e. The Morgan fingerprint density at radius 2 is 1.36 bits per heavy atom. The topological polar surface area (TPSA) is 83.1 Å². The Morgan fingerprint density at radius 1 is 0.729 bits per heavy atom. The van der Waals surface area contributed by atoms with E-state index in [9.17, 15) is 35.7 Å². The number of nitrogens with one attached hydrogen (secondary N) is 1. The SMILES string of the molecule is CCC(CCc1ccc(OCCCc2cccc(OC(F)(F)F)c2)c(C(F)(F)F)c1)(CO[P+](=O)C(Cc1ccccc1)c1ccccc1)NC(=O)OCc1ccccc1. The van der Waals surface area contributed by atoms with Crippen LogP contribution in [-0.2, 0) is 45.9 Å². The van der Waals surface area contributed by atoms with Crippen LogP contribution in [0, 0.1) is 0 Å². The van der Waals surface area contributed by atoms with E-state index >= 15 is 0 Å². The average molecular weight is 841 g/mol. The molecule has 0 bridgehead atoms. The number of ether oxygens (including phenoxy) is 3. The van der Waals surface area contributed by atoms with Crippen LogP contribution in [0.3, 0.4) is 0 Å². The highest BCUT2D eigenvalue weighted by Crippen LogP contribution is 2.45. The van der Waals surface area contributed by atoms with Gasteiger partial charge in [-0.25, -0.2) is 4.79 Å².